The predicted octanol–water partition coefficient (Wildman–Crippen LogP) is 2.95. The van der Waals surface area contributed by atoms with Crippen LogP contribution < -0.4 is 9.64 Å². The van der Waals surface area contributed by atoms with Gasteiger partial charge in [0.05, 0.1) is 30.7 Å². The summed E-state index contributed by atoms with van der Waals surface area (Å²) in [5.41, 5.74) is 3.74. The Kier molecular flexibility index (Phi) is 5.53. The molecule has 4 aromatic heterocycles. The van der Waals surface area contributed by atoms with Gasteiger partial charge < -0.3 is 14.5 Å². The van der Waals surface area contributed by atoms with Crippen molar-refractivity contribution in [3.05, 3.63) is 85.3 Å². The zero-order valence-corrected chi connectivity index (χ0v) is 19.7. The van der Waals surface area contributed by atoms with E-state index in [4.69, 9.17) is 9.72 Å². The average molecular weight is 481 g/mol. The number of imidazole rings is 1. The van der Waals surface area contributed by atoms with Crippen LogP contribution in [0.5, 0.6) is 5.75 Å². The Hall–Kier alpha value is -4.73. The highest BCUT2D eigenvalue weighted by Crippen LogP contribution is 2.27. The van der Waals surface area contributed by atoms with Gasteiger partial charge in [0.15, 0.2) is 11.5 Å². The zero-order valence-electron chi connectivity index (χ0n) is 19.7. The van der Waals surface area contributed by atoms with Gasteiger partial charge in [0, 0.05) is 62.7 Å². The Bertz CT molecular complexity index is 1520. The van der Waals surface area contributed by atoms with E-state index in [0.29, 0.717) is 30.1 Å². The molecule has 0 spiro atoms. The van der Waals surface area contributed by atoms with Crippen LogP contribution in [0, 0.1) is 0 Å². The molecular weight excluding hydrogens is 456 g/mol. The Morgan fingerprint density at radius 3 is 2.56 bits per heavy atom. The molecule has 1 fully saturated rings. The highest BCUT2D eigenvalue weighted by molar-refractivity contribution is 6.00. The maximum absolute atomic E-state index is 13.6. The fourth-order valence-electron chi connectivity index (χ4n) is 4.57. The van der Waals surface area contributed by atoms with Crippen molar-refractivity contribution >= 4 is 17.1 Å². The Morgan fingerprint density at radius 2 is 1.75 bits per heavy atom. The topological polar surface area (TPSA) is 93.7 Å². The standard InChI is InChI=1S/C26H24N8O2/c1-36-21-4-2-3-20(17-21)34-22(7-10-29-34)25-30-24(23-18-28-11-12-33(23)25)26(35)32-15-13-31(14-16-32)19-5-8-27-9-6-19/h2-12,17-18H,13-16H2,1H3. The molecule has 0 saturated carbocycles. The summed E-state index contributed by atoms with van der Waals surface area (Å²) in [5, 5.41) is 4.51. The van der Waals surface area contributed by atoms with E-state index in [-0.39, 0.29) is 5.91 Å². The third kappa shape index (κ3) is 3.82. The van der Waals surface area contributed by atoms with Gasteiger partial charge >= 0.3 is 0 Å². The number of hydrogen-bond acceptors (Lipinski definition) is 7. The molecule has 0 bridgehead atoms. The first-order valence-electron chi connectivity index (χ1n) is 11.7. The van der Waals surface area contributed by atoms with Crippen molar-refractivity contribution in [2.75, 3.05) is 38.2 Å². The number of amides is 1. The molecule has 0 N–H and O–H groups in total. The maximum atomic E-state index is 13.6. The molecule has 1 amide bonds. The van der Waals surface area contributed by atoms with Crippen LogP contribution in [-0.4, -0.2) is 73.2 Å². The van der Waals surface area contributed by atoms with Gasteiger partial charge in [-0.15, -0.1) is 0 Å². The van der Waals surface area contributed by atoms with Crippen LogP contribution in [0.15, 0.2) is 79.6 Å². The van der Waals surface area contributed by atoms with Gasteiger partial charge in [-0.25, -0.2) is 9.67 Å². The summed E-state index contributed by atoms with van der Waals surface area (Å²) in [6.07, 6.45) is 10.5. The molecule has 6 rings (SSSR count). The Morgan fingerprint density at radius 1 is 0.917 bits per heavy atom. The van der Waals surface area contributed by atoms with Crippen LogP contribution in [-0.2, 0) is 0 Å². The van der Waals surface area contributed by atoms with Gasteiger partial charge in [-0.3, -0.25) is 19.2 Å². The number of benzene rings is 1. The molecule has 1 saturated heterocycles. The summed E-state index contributed by atoms with van der Waals surface area (Å²) in [6, 6.07) is 13.5. The molecule has 1 aliphatic rings. The van der Waals surface area contributed by atoms with Crippen molar-refractivity contribution in [2.24, 2.45) is 0 Å². The highest BCUT2D eigenvalue weighted by atomic mass is 16.5. The minimum absolute atomic E-state index is 0.103. The average Bonchev–Trinajstić information content (AvgIpc) is 3.58. The van der Waals surface area contributed by atoms with Crippen LogP contribution in [0.2, 0.25) is 0 Å². The van der Waals surface area contributed by atoms with Crippen molar-refractivity contribution in [2.45, 2.75) is 0 Å². The van der Waals surface area contributed by atoms with E-state index in [1.165, 1.54) is 0 Å². The summed E-state index contributed by atoms with van der Waals surface area (Å²) in [6.45, 7) is 2.71. The number of nitrogens with zero attached hydrogens (tertiary/aromatic N) is 8. The van der Waals surface area contributed by atoms with Crippen LogP contribution >= 0.6 is 0 Å². The van der Waals surface area contributed by atoms with Gasteiger partial charge in [0.25, 0.3) is 5.91 Å². The molecule has 5 aromatic rings. The molecule has 36 heavy (non-hydrogen) atoms. The normalized spacial score (nSPS) is 13.8. The number of ether oxygens (including phenoxy) is 1. The van der Waals surface area contributed by atoms with E-state index in [1.807, 2.05) is 58.0 Å². The lowest BCUT2D eigenvalue weighted by Gasteiger charge is -2.35. The first kappa shape index (κ1) is 21.8. The van der Waals surface area contributed by atoms with Gasteiger partial charge in [0.1, 0.15) is 11.4 Å². The number of fused-ring (bicyclic) bond motifs is 1. The lowest BCUT2D eigenvalue weighted by molar-refractivity contribution is 0.0743. The number of pyridine rings is 1. The summed E-state index contributed by atoms with van der Waals surface area (Å²) in [7, 11) is 1.63. The molecule has 1 aromatic carbocycles. The number of hydrogen-bond donors (Lipinski definition) is 0. The number of anilines is 1. The van der Waals surface area contributed by atoms with Crippen molar-refractivity contribution < 1.29 is 9.53 Å². The predicted molar refractivity (Wildman–Crippen MR) is 134 cm³/mol. The van der Waals surface area contributed by atoms with Crippen LogP contribution in [0.3, 0.4) is 0 Å². The minimum Gasteiger partial charge on any atom is -0.497 e. The molecule has 10 heteroatoms. The van der Waals surface area contributed by atoms with Gasteiger partial charge in [-0.1, -0.05) is 6.07 Å². The summed E-state index contributed by atoms with van der Waals surface area (Å²) in [5.74, 6) is 1.24. The molecule has 0 radical (unpaired) electrons. The third-order valence-corrected chi connectivity index (χ3v) is 6.41. The highest BCUT2D eigenvalue weighted by Gasteiger charge is 2.27. The number of piperazine rings is 1. The maximum Gasteiger partial charge on any atom is 0.274 e. The molecule has 0 aliphatic carbocycles. The first-order valence-corrected chi connectivity index (χ1v) is 11.7. The van der Waals surface area contributed by atoms with Gasteiger partial charge in [-0.2, -0.15) is 5.10 Å². The van der Waals surface area contributed by atoms with Crippen LogP contribution in [0.4, 0.5) is 5.69 Å². The lowest BCUT2D eigenvalue weighted by atomic mass is 10.2. The minimum atomic E-state index is -0.103. The number of aromatic nitrogens is 6. The SMILES string of the molecule is COc1cccc(-n2nccc2-c2nc(C(=O)N3CCN(c4ccncc4)CC3)c3cnccn23)c1. The zero-order chi connectivity index (χ0) is 24.5. The molecule has 5 heterocycles. The van der Waals surface area contributed by atoms with Gasteiger partial charge in [-0.05, 0) is 30.3 Å². The van der Waals surface area contributed by atoms with Gasteiger partial charge in [0.2, 0.25) is 0 Å². The first-order chi connectivity index (χ1) is 17.7. The summed E-state index contributed by atoms with van der Waals surface area (Å²) in [4.78, 5) is 30.9. The van der Waals surface area contributed by atoms with E-state index in [0.717, 1.165) is 35.9 Å². The molecule has 0 atom stereocenters. The molecule has 10 nitrogen and oxygen atoms in total. The summed E-state index contributed by atoms with van der Waals surface area (Å²) < 4.78 is 9.06. The lowest BCUT2D eigenvalue weighted by Crippen LogP contribution is -2.49. The monoisotopic (exact) mass is 480 g/mol. The Balaban J connectivity index is 1.33. The van der Waals surface area contributed by atoms with Crippen molar-refractivity contribution in [3.63, 3.8) is 0 Å². The van der Waals surface area contributed by atoms with Crippen molar-refractivity contribution in [3.8, 4) is 23.0 Å². The van der Waals surface area contributed by atoms with E-state index in [2.05, 4.69) is 20.0 Å². The van der Waals surface area contributed by atoms with E-state index in [9.17, 15) is 4.79 Å². The number of rotatable bonds is 5. The quantitative estimate of drug-likeness (QED) is 0.382. The molecule has 180 valence electrons. The fourth-order valence-corrected chi connectivity index (χ4v) is 4.57. The van der Waals surface area contributed by atoms with Crippen LogP contribution in [0.1, 0.15) is 10.5 Å². The molecular formula is C26H24N8O2. The van der Waals surface area contributed by atoms with Crippen molar-refractivity contribution in [1.82, 2.24) is 34.0 Å². The molecule has 0 unspecified atom stereocenters. The second kappa shape index (κ2) is 9.14. The smallest absolute Gasteiger partial charge is 0.274 e. The largest absolute Gasteiger partial charge is 0.497 e. The summed E-state index contributed by atoms with van der Waals surface area (Å²) >= 11 is 0. The van der Waals surface area contributed by atoms with Crippen LogP contribution in [0.25, 0.3) is 22.7 Å². The fraction of sp³-hybridized carbons (Fsp3) is 0.192. The number of carbonyl (C=O) groups is 1. The Labute approximate surface area is 207 Å². The van der Waals surface area contributed by atoms with E-state index >= 15 is 0 Å². The second-order valence-electron chi connectivity index (χ2n) is 8.43. The second-order valence-corrected chi connectivity index (χ2v) is 8.43. The number of carbonyl (C=O) groups excluding carboxylic acids is 1. The molecule has 1 aliphatic heterocycles. The number of methoxy groups -OCH3 is 1. The third-order valence-electron chi connectivity index (χ3n) is 6.41. The van der Waals surface area contributed by atoms with E-state index < -0.39 is 0 Å². The van der Waals surface area contributed by atoms with Crippen molar-refractivity contribution in [1.29, 1.82) is 0 Å². The van der Waals surface area contributed by atoms with E-state index in [1.54, 1.807) is 42.8 Å².